The van der Waals surface area contributed by atoms with Gasteiger partial charge in [0.2, 0.25) is 16.8 Å². The van der Waals surface area contributed by atoms with E-state index in [0.29, 0.717) is 24.5 Å². The molecule has 2 aromatic rings. The summed E-state index contributed by atoms with van der Waals surface area (Å²) in [5.74, 6) is 1.83. The maximum absolute atomic E-state index is 12.4. The number of aryl methyl sites for hydroxylation is 1. The second-order valence-corrected chi connectivity index (χ2v) is 7.23. The molecule has 6 nitrogen and oxygen atoms in total. The van der Waals surface area contributed by atoms with Crippen LogP contribution in [0.2, 0.25) is 0 Å². The second-order valence-electron chi connectivity index (χ2n) is 5.47. The molecule has 128 valence electrons. The molecule has 0 saturated carbocycles. The first-order valence-corrected chi connectivity index (χ1v) is 9.01. The molecular formula is C17H19NO5S. The Bertz CT molecular complexity index is 848. The number of hydrogen-bond acceptors (Lipinski definition) is 5. The Kier molecular flexibility index (Phi) is 4.64. The molecule has 1 N–H and O–H groups in total. The third-order valence-electron chi connectivity index (χ3n) is 3.82. The molecule has 0 aliphatic carbocycles. The molecule has 0 amide bonds. The van der Waals surface area contributed by atoms with Crippen LogP contribution in [-0.4, -0.2) is 28.9 Å². The van der Waals surface area contributed by atoms with Crippen molar-refractivity contribution in [3.05, 3.63) is 47.5 Å². The number of sulfonamides is 1. The van der Waals surface area contributed by atoms with E-state index in [2.05, 4.69) is 4.72 Å². The minimum absolute atomic E-state index is 0.114. The summed E-state index contributed by atoms with van der Waals surface area (Å²) in [4.78, 5) is 0.165. The van der Waals surface area contributed by atoms with Crippen LogP contribution in [0.4, 0.5) is 0 Å². The fourth-order valence-corrected chi connectivity index (χ4v) is 3.60. The number of nitrogens with one attached hydrogen (secondary N) is 1. The van der Waals surface area contributed by atoms with E-state index in [4.69, 9.17) is 14.2 Å². The van der Waals surface area contributed by atoms with Gasteiger partial charge in [0.25, 0.3) is 0 Å². The Morgan fingerprint density at radius 3 is 2.67 bits per heavy atom. The number of rotatable bonds is 6. The van der Waals surface area contributed by atoms with Crippen LogP contribution < -0.4 is 18.9 Å². The maximum atomic E-state index is 12.4. The van der Waals surface area contributed by atoms with Gasteiger partial charge in [-0.15, -0.1) is 0 Å². The first-order chi connectivity index (χ1) is 11.5. The highest BCUT2D eigenvalue weighted by Gasteiger charge is 2.19. The van der Waals surface area contributed by atoms with Gasteiger partial charge >= 0.3 is 0 Å². The standard InChI is InChI=1S/C17H19NO5S/c1-12-9-13(3-5-15(12)21-2)7-8-18-24(19,20)14-4-6-16-17(10-14)23-11-22-16/h3-6,9-10,18H,7-8,11H2,1-2H3. The number of methoxy groups -OCH3 is 1. The van der Waals surface area contributed by atoms with Crippen LogP contribution in [0.5, 0.6) is 17.2 Å². The maximum Gasteiger partial charge on any atom is 0.240 e. The Balaban J connectivity index is 1.64. The molecule has 0 radical (unpaired) electrons. The molecule has 0 saturated heterocycles. The van der Waals surface area contributed by atoms with Crippen molar-refractivity contribution in [1.29, 1.82) is 0 Å². The van der Waals surface area contributed by atoms with Crippen LogP contribution in [0.1, 0.15) is 11.1 Å². The minimum atomic E-state index is -3.59. The first kappa shape index (κ1) is 16.6. The molecule has 2 aromatic carbocycles. The lowest BCUT2D eigenvalue weighted by Crippen LogP contribution is -2.26. The lowest BCUT2D eigenvalue weighted by molar-refractivity contribution is 0.174. The van der Waals surface area contributed by atoms with Gasteiger partial charge < -0.3 is 14.2 Å². The third kappa shape index (κ3) is 3.47. The van der Waals surface area contributed by atoms with Crippen molar-refractivity contribution in [2.75, 3.05) is 20.4 Å². The summed E-state index contributed by atoms with van der Waals surface area (Å²) in [6, 6.07) is 10.4. The Morgan fingerprint density at radius 2 is 1.92 bits per heavy atom. The molecule has 0 fully saturated rings. The number of ether oxygens (including phenoxy) is 3. The van der Waals surface area contributed by atoms with Gasteiger partial charge in [0.1, 0.15) is 5.75 Å². The second kappa shape index (κ2) is 6.70. The zero-order chi connectivity index (χ0) is 17.2. The Hall–Kier alpha value is -2.25. The quantitative estimate of drug-likeness (QED) is 0.866. The fourth-order valence-electron chi connectivity index (χ4n) is 2.55. The van der Waals surface area contributed by atoms with Crippen LogP contribution in [0.15, 0.2) is 41.3 Å². The molecule has 7 heteroatoms. The van der Waals surface area contributed by atoms with E-state index < -0.39 is 10.0 Å². The summed E-state index contributed by atoms with van der Waals surface area (Å²) in [6.07, 6.45) is 0.592. The molecule has 0 atom stereocenters. The summed E-state index contributed by atoms with van der Waals surface area (Å²) in [5.41, 5.74) is 2.07. The summed E-state index contributed by atoms with van der Waals surface area (Å²) >= 11 is 0. The molecule has 1 heterocycles. The van der Waals surface area contributed by atoms with Gasteiger partial charge in [-0.05, 0) is 42.7 Å². The van der Waals surface area contributed by atoms with E-state index in [1.54, 1.807) is 13.2 Å². The van der Waals surface area contributed by atoms with Gasteiger partial charge in [0.05, 0.1) is 12.0 Å². The van der Waals surface area contributed by atoms with Crippen molar-refractivity contribution in [3.8, 4) is 17.2 Å². The molecule has 24 heavy (non-hydrogen) atoms. The summed E-state index contributed by atoms with van der Waals surface area (Å²) in [5, 5.41) is 0. The summed E-state index contributed by atoms with van der Waals surface area (Å²) in [6.45, 7) is 2.38. The summed E-state index contributed by atoms with van der Waals surface area (Å²) in [7, 11) is -1.96. The van der Waals surface area contributed by atoms with E-state index in [1.165, 1.54) is 12.1 Å². The van der Waals surface area contributed by atoms with Crippen LogP contribution in [-0.2, 0) is 16.4 Å². The van der Waals surface area contributed by atoms with E-state index >= 15 is 0 Å². The highest BCUT2D eigenvalue weighted by molar-refractivity contribution is 7.89. The van der Waals surface area contributed by atoms with Gasteiger partial charge in [0.15, 0.2) is 11.5 Å². The SMILES string of the molecule is COc1ccc(CCNS(=O)(=O)c2ccc3c(c2)OCO3)cc1C. The molecule has 0 aromatic heterocycles. The molecule has 0 unspecified atom stereocenters. The van der Waals surface area contributed by atoms with Gasteiger partial charge in [0, 0.05) is 12.6 Å². The number of hydrogen-bond donors (Lipinski definition) is 1. The third-order valence-corrected chi connectivity index (χ3v) is 5.28. The van der Waals surface area contributed by atoms with Crippen molar-refractivity contribution >= 4 is 10.0 Å². The van der Waals surface area contributed by atoms with Crippen molar-refractivity contribution in [2.24, 2.45) is 0 Å². The zero-order valence-electron chi connectivity index (χ0n) is 13.5. The predicted molar refractivity (Wildman–Crippen MR) is 89.2 cm³/mol. The van der Waals surface area contributed by atoms with Crippen LogP contribution in [0.25, 0.3) is 0 Å². The zero-order valence-corrected chi connectivity index (χ0v) is 14.4. The molecular weight excluding hydrogens is 330 g/mol. The normalized spacial score (nSPS) is 13.1. The van der Waals surface area contributed by atoms with Gasteiger partial charge in [-0.3, -0.25) is 0 Å². The fraction of sp³-hybridized carbons (Fsp3) is 0.294. The van der Waals surface area contributed by atoms with Gasteiger partial charge in [-0.1, -0.05) is 12.1 Å². The van der Waals surface area contributed by atoms with E-state index in [0.717, 1.165) is 16.9 Å². The largest absolute Gasteiger partial charge is 0.496 e. The van der Waals surface area contributed by atoms with Gasteiger partial charge in [-0.25, -0.2) is 13.1 Å². The van der Waals surface area contributed by atoms with E-state index in [-0.39, 0.29) is 11.7 Å². The average Bonchev–Trinajstić information content (AvgIpc) is 3.02. The topological polar surface area (TPSA) is 73.9 Å². The average molecular weight is 349 g/mol. The lowest BCUT2D eigenvalue weighted by Gasteiger charge is -2.09. The molecule has 3 rings (SSSR count). The number of benzene rings is 2. The molecule has 1 aliphatic rings. The molecule has 1 aliphatic heterocycles. The monoisotopic (exact) mass is 349 g/mol. The first-order valence-electron chi connectivity index (χ1n) is 7.52. The minimum Gasteiger partial charge on any atom is -0.496 e. The Morgan fingerprint density at radius 1 is 1.12 bits per heavy atom. The van der Waals surface area contributed by atoms with Gasteiger partial charge in [-0.2, -0.15) is 0 Å². The van der Waals surface area contributed by atoms with Crippen molar-refractivity contribution in [3.63, 3.8) is 0 Å². The predicted octanol–water partition coefficient (Wildman–Crippen LogP) is 2.25. The van der Waals surface area contributed by atoms with Crippen molar-refractivity contribution < 1.29 is 22.6 Å². The highest BCUT2D eigenvalue weighted by Crippen LogP contribution is 2.33. The summed E-state index contributed by atoms with van der Waals surface area (Å²) < 4.78 is 43.0. The van der Waals surface area contributed by atoms with Crippen LogP contribution in [0, 0.1) is 6.92 Å². The van der Waals surface area contributed by atoms with E-state index in [9.17, 15) is 8.42 Å². The van der Waals surface area contributed by atoms with Crippen LogP contribution >= 0.6 is 0 Å². The van der Waals surface area contributed by atoms with Crippen molar-refractivity contribution in [1.82, 2.24) is 4.72 Å². The molecule has 0 bridgehead atoms. The van der Waals surface area contributed by atoms with E-state index in [1.807, 2.05) is 25.1 Å². The van der Waals surface area contributed by atoms with Crippen molar-refractivity contribution in [2.45, 2.75) is 18.2 Å². The van der Waals surface area contributed by atoms with Crippen LogP contribution in [0.3, 0.4) is 0 Å². The smallest absolute Gasteiger partial charge is 0.240 e. The lowest BCUT2D eigenvalue weighted by atomic mass is 10.1. The Labute approximate surface area is 141 Å². The highest BCUT2D eigenvalue weighted by atomic mass is 32.2. The molecule has 0 spiro atoms. The number of fused-ring (bicyclic) bond motifs is 1.